The van der Waals surface area contributed by atoms with Crippen molar-refractivity contribution in [2.45, 2.75) is 6.42 Å². The molecule has 1 unspecified atom stereocenters. The summed E-state index contributed by atoms with van der Waals surface area (Å²) < 4.78 is 0. The molecule has 0 aromatic carbocycles. The minimum absolute atomic E-state index is 0. The van der Waals surface area contributed by atoms with E-state index in [4.69, 9.17) is 0 Å². The summed E-state index contributed by atoms with van der Waals surface area (Å²) in [5.74, 6) is 5.18. The fourth-order valence-electron chi connectivity index (χ4n) is 0.485. The fraction of sp³-hybridized carbons (Fsp3) is 0.143. The molecule has 1 aromatic heterocycles. The van der Waals surface area contributed by atoms with Crippen LogP contribution in [0.25, 0.3) is 0 Å². The molecule has 0 bridgehead atoms. The first kappa shape index (κ1) is 20.1. The van der Waals surface area contributed by atoms with Gasteiger partial charge in [0.05, 0.1) is 0 Å². The van der Waals surface area contributed by atoms with Crippen molar-refractivity contribution in [3.63, 3.8) is 0 Å². The van der Waals surface area contributed by atoms with Crippen molar-refractivity contribution in [2.75, 3.05) is 0 Å². The summed E-state index contributed by atoms with van der Waals surface area (Å²) in [4.78, 5) is 0. The van der Waals surface area contributed by atoms with Gasteiger partial charge >= 0.3 is 26.2 Å². The molecule has 1 heterocycles. The van der Waals surface area contributed by atoms with Crippen LogP contribution >= 0.6 is 23.3 Å². The zero-order valence-corrected chi connectivity index (χ0v) is 13.4. The maximum Gasteiger partial charge on any atom is 4.00 e. The van der Waals surface area contributed by atoms with Gasteiger partial charge in [-0.15, -0.1) is 14.3 Å². The third kappa shape index (κ3) is 13.6. The van der Waals surface area contributed by atoms with Crippen LogP contribution in [0.4, 0.5) is 0 Å². The van der Waals surface area contributed by atoms with E-state index in [-0.39, 0.29) is 51.0 Å². The van der Waals surface area contributed by atoms with E-state index in [1.54, 1.807) is 0 Å². The zero-order chi connectivity index (χ0) is 7.07. The molecule has 1 aliphatic carbocycles. The van der Waals surface area contributed by atoms with E-state index in [1.165, 1.54) is 15.4 Å². The van der Waals surface area contributed by atoms with E-state index >= 15 is 0 Å². The van der Waals surface area contributed by atoms with Crippen molar-refractivity contribution >= 4 is 23.3 Å². The fourth-order valence-corrected chi connectivity index (χ4v) is 4.24. The SMILES string of the molecule is [C-]1=CC=CC1.[Cl-].[Cl-].[Zr+4].[c-]1c[pH]pp1. The molecule has 1 atom stereocenters. The first-order valence-electron chi connectivity index (χ1n) is 2.94. The smallest absolute Gasteiger partial charge is 1.00 e. The van der Waals surface area contributed by atoms with Gasteiger partial charge < -0.3 is 30.6 Å². The van der Waals surface area contributed by atoms with Crippen molar-refractivity contribution in [3.8, 4) is 0 Å². The predicted octanol–water partition coefficient (Wildman–Crippen LogP) is -2.01. The molecular weight excluding hydrogens is 339 g/mol. The molecule has 0 nitrogen and oxygen atoms in total. The Morgan fingerprint density at radius 1 is 1.31 bits per heavy atom. The average molecular weight is 346 g/mol. The van der Waals surface area contributed by atoms with Gasteiger partial charge in [-0.1, -0.05) is 7.55 Å². The van der Waals surface area contributed by atoms with Crippen LogP contribution in [0.2, 0.25) is 0 Å². The van der Waals surface area contributed by atoms with E-state index in [9.17, 15) is 0 Å². The molecule has 0 fully saturated rings. The van der Waals surface area contributed by atoms with E-state index < -0.39 is 0 Å². The van der Waals surface area contributed by atoms with Gasteiger partial charge in [0.15, 0.2) is 0 Å². The van der Waals surface area contributed by atoms with Gasteiger partial charge in [-0.2, -0.15) is 6.08 Å². The van der Waals surface area contributed by atoms with E-state index in [2.05, 4.69) is 23.7 Å². The van der Waals surface area contributed by atoms with Gasteiger partial charge in [0.1, 0.15) is 0 Å². The number of halogens is 2. The largest absolute Gasteiger partial charge is 4.00 e. The molecule has 2 rings (SSSR count). The predicted molar refractivity (Wildman–Crippen MR) is 51.4 cm³/mol. The second-order valence-electron chi connectivity index (χ2n) is 1.61. The Hall–Kier alpha value is 1.58. The quantitative estimate of drug-likeness (QED) is 0.477. The van der Waals surface area contributed by atoms with Crippen LogP contribution in [0.15, 0.2) is 24.0 Å². The molecule has 68 valence electrons. The van der Waals surface area contributed by atoms with Crippen molar-refractivity contribution < 1.29 is 51.0 Å². The summed E-state index contributed by atoms with van der Waals surface area (Å²) in [6, 6.07) is 0. The van der Waals surface area contributed by atoms with E-state index in [1.807, 2.05) is 12.2 Å². The monoisotopic (exact) mass is 344 g/mol. The standard InChI is InChI=1S/C5H5.C2H2P3.2ClH.Zr/c2*1-2-4-5-3-1;;;/h1-3H,4H2;1,3H;2*1H;/q2*-1;;;+4/p-2. The molecular formula is C7H7Cl2P3Zr. The van der Waals surface area contributed by atoms with Gasteiger partial charge in [-0.3, -0.25) is 13.9 Å². The van der Waals surface area contributed by atoms with Crippen molar-refractivity contribution in [3.05, 3.63) is 35.9 Å². The molecule has 0 saturated carbocycles. The van der Waals surface area contributed by atoms with Crippen molar-refractivity contribution in [2.24, 2.45) is 0 Å². The normalized spacial score (nSPS) is 11.7. The minimum Gasteiger partial charge on any atom is -1.00 e. The first-order chi connectivity index (χ1) is 5.00. The molecule has 0 radical (unpaired) electrons. The molecule has 0 spiro atoms. The number of hydrogen-bond acceptors (Lipinski definition) is 0. The molecule has 13 heavy (non-hydrogen) atoms. The minimum atomic E-state index is 0. The second-order valence-corrected chi connectivity index (χ2v) is 6.59. The maximum atomic E-state index is 3.07. The van der Waals surface area contributed by atoms with Crippen LogP contribution < -0.4 is 24.8 Å². The van der Waals surface area contributed by atoms with E-state index in [0.29, 0.717) is 0 Å². The third-order valence-corrected chi connectivity index (χ3v) is 5.18. The topological polar surface area (TPSA) is 0 Å². The van der Waals surface area contributed by atoms with Gasteiger partial charge in [0.25, 0.3) is 0 Å². The molecule has 0 N–H and O–H groups in total. The summed E-state index contributed by atoms with van der Waals surface area (Å²) >= 11 is 0. The van der Waals surface area contributed by atoms with Gasteiger partial charge in [0.2, 0.25) is 0 Å². The summed E-state index contributed by atoms with van der Waals surface area (Å²) in [7, 11) is 3.93. The van der Waals surface area contributed by atoms with Gasteiger partial charge in [-0.05, 0) is 0 Å². The van der Waals surface area contributed by atoms with Crippen LogP contribution in [-0.4, -0.2) is 0 Å². The van der Waals surface area contributed by atoms with Gasteiger partial charge in [0, 0.05) is 0 Å². The Morgan fingerprint density at radius 2 is 2.08 bits per heavy atom. The Morgan fingerprint density at radius 3 is 2.23 bits per heavy atom. The van der Waals surface area contributed by atoms with Crippen molar-refractivity contribution in [1.29, 1.82) is 0 Å². The Kier molecular flexibility index (Phi) is 24.7. The first-order valence-corrected chi connectivity index (χ1v) is 7.36. The molecule has 0 aliphatic heterocycles. The Labute approximate surface area is 116 Å². The molecule has 1 aromatic rings. The average Bonchev–Trinajstić information content (AvgIpc) is 2.67. The third-order valence-electron chi connectivity index (χ3n) is 0.880. The summed E-state index contributed by atoms with van der Waals surface area (Å²) in [5.41, 5.74) is 0. The maximum absolute atomic E-state index is 3.07. The van der Waals surface area contributed by atoms with Crippen molar-refractivity contribution in [1.82, 2.24) is 0 Å². The van der Waals surface area contributed by atoms with Crippen LogP contribution in [0.5, 0.6) is 0 Å². The van der Waals surface area contributed by atoms with E-state index in [0.717, 1.165) is 14.3 Å². The Bertz CT molecular complexity index is 184. The Balaban J connectivity index is -0.000000125. The van der Waals surface area contributed by atoms with Crippen LogP contribution in [0.3, 0.4) is 0 Å². The molecule has 6 heteroatoms. The summed E-state index contributed by atoms with van der Waals surface area (Å²) in [6.45, 7) is 0. The molecule has 0 saturated heterocycles. The molecule has 0 amide bonds. The molecule has 1 aliphatic rings. The number of rotatable bonds is 0. The van der Waals surface area contributed by atoms with Crippen LogP contribution in [0, 0.1) is 11.9 Å². The second kappa shape index (κ2) is 16.0. The number of allylic oxidation sites excluding steroid dienone is 4. The summed E-state index contributed by atoms with van der Waals surface area (Å²) in [5, 5.41) is 0. The summed E-state index contributed by atoms with van der Waals surface area (Å²) in [6.07, 6.45) is 10.0. The number of hydrogen-bond donors (Lipinski definition) is 0. The van der Waals surface area contributed by atoms with Crippen LogP contribution in [-0.2, 0) is 26.2 Å². The van der Waals surface area contributed by atoms with Gasteiger partial charge in [-0.25, -0.2) is 18.0 Å². The zero-order valence-electron chi connectivity index (χ0n) is 6.67. The van der Waals surface area contributed by atoms with Crippen LogP contribution in [0.1, 0.15) is 6.42 Å².